The lowest BCUT2D eigenvalue weighted by Crippen LogP contribution is -2.40. The van der Waals surface area contributed by atoms with Gasteiger partial charge in [-0.25, -0.2) is 4.79 Å². The van der Waals surface area contributed by atoms with Gasteiger partial charge >= 0.3 is 6.03 Å². The highest BCUT2D eigenvalue weighted by Gasteiger charge is 2.28. The van der Waals surface area contributed by atoms with Crippen LogP contribution in [0.25, 0.3) is 0 Å². The Morgan fingerprint density at radius 1 is 1.22 bits per heavy atom. The molecule has 1 aromatic carbocycles. The Hall–Kier alpha value is -2.27. The van der Waals surface area contributed by atoms with Crippen molar-refractivity contribution in [2.75, 3.05) is 11.9 Å². The number of nitrogens with one attached hydrogen (secondary N) is 2. The third-order valence-corrected chi connectivity index (χ3v) is 3.93. The van der Waals surface area contributed by atoms with Crippen LogP contribution >= 0.6 is 0 Å². The third kappa shape index (κ3) is 3.93. The highest BCUT2D eigenvalue weighted by atomic mass is 16.3. The fourth-order valence-corrected chi connectivity index (χ4v) is 2.68. The highest BCUT2D eigenvalue weighted by molar-refractivity contribution is 5.91. The highest BCUT2D eigenvalue weighted by Crippen LogP contribution is 2.26. The Labute approximate surface area is 136 Å². The molecule has 0 aliphatic carbocycles. The van der Waals surface area contributed by atoms with E-state index in [0.29, 0.717) is 11.3 Å². The Balaban J connectivity index is 2.03. The molecule has 0 radical (unpaired) electrons. The molecule has 0 saturated carbocycles. The average molecular weight is 316 g/mol. The second-order valence-electron chi connectivity index (χ2n) is 6.18. The van der Waals surface area contributed by atoms with E-state index in [1.807, 2.05) is 39.0 Å². The van der Waals surface area contributed by atoms with Gasteiger partial charge in [0.25, 0.3) is 0 Å². The first-order valence-corrected chi connectivity index (χ1v) is 7.61. The van der Waals surface area contributed by atoms with Crippen molar-refractivity contribution in [3.63, 3.8) is 0 Å². The van der Waals surface area contributed by atoms with E-state index in [2.05, 4.69) is 10.6 Å². The van der Waals surface area contributed by atoms with Gasteiger partial charge in [-0.15, -0.1) is 0 Å². The number of carbonyl (C=O) groups is 1. The van der Waals surface area contributed by atoms with E-state index in [1.54, 1.807) is 19.9 Å². The summed E-state index contributed by atoms with van der Waals surface area (Å²) in [5.74, 6) is 1.39. The molecule has 0 aliphatic heterocycles. The predicted molar refractivity (Wildman–Crippen MR) is 90.7 cm³/mol. The van der Waals surface area contributed by atoms with E-state index in [4.69, 9.17) is 4.42 Å². The zero-order valence-electron chi connectivity index (χ0n) is 14.3. The van der Waals surface area contributed by atoms with Gasteiger partial charge < -0.3 is 20.2 Å². The molecule has 0 fully saturated rings. The molecule has 1 heterocycles. The van der Waals surface area contributed by atoms with Crippen molar-refractivity contribution in [1.29, 1.82) is 0 Å². The van der Waals surface area contributed by atoms with E-state index in [-0.39, 0.29) is 12.6 Å². The smallest absolute Gasteiger partial charge is 0.319 e. The lowest BCUT2D eigenvalue weighted by molar-refractivity contribution is 0.0584. The monoisotopic (exact) mass is 316 g/mol. The van der Waals surface area contributed by atoms with Gasteiger partial charge in [-0.3, -0.25) is 0 Å². The number of hydrogen-bond acceptors (Lipinski definition) is 3. The number of rotatable bonds is 4. The van der Waals surface area contributed by atoms with E-state index < -0.39 is 5.60 Å². The summed E-state index contributed by atoms with van der Waals surface area (Å²) in [6, 6.07) is 7.27. The molecule has 0 saturated heterocycles. The number of furan rings is 1. The van der Waals surface area contributed by atoms with Gasteiger partial charge in [0.05, 0.1) is 6.54 Å². The molecule has 2 aromatic rings. The second kappa shape index (κ2) is 6.46. The lowest BCUT2D eigenvalue weighted by Gasteiger charge is -2.23. The van der Waals surface area contributed by atoms with E-state index in [0.717, 1.165) is 22.6 Å². The number of para-hydroxylation sites is 1. The largest absolute Gasteiger partial charge is 0.466 e. The average Bonchev–Trinajstić information content (AvgIpc) is 2.81. The normalized spacial score (nSPS) is 13.5. The topological polar surface area (TPSA) is 74.5 Å². The summed E-state index contributed by atoms with van der Waals surface area (Å²) in [4.78, 5) is 12.1. The Bertz CT molecular complexity index is 697. The first-order valence-electron chi connectivity index (χ1n) is 7.61. The number of carbonyl (C=O) groups excluding carboxylic acids is 1. The standard InChI is InChI=1S/C18H24N2O3/c1-11-7-6-8-12(2)16(11)20-17(21)19-10-18(5,22)15-9-13(3)23-14(15)4/h6-9,22H,10H2,1-5H3,(H2,19,20,21). The molecule has 0 bridgehead atoms. The first kappa shape index (κ1) is 17.1. The van der Waals surface area contributed by atoms with Crippen LogP contribution < -0.4 is 10.6 Å². The van der Waals surface area contributed by atoms with Gasteiger partial charge in [0.15, 0.2) is 0 Å². The summed E-state index contributed by atoms with van der Waals surface area (Å²) in [7, 11) is 0. The molecule has 3 N–H and O–H groups in total. The van der Waals surface area contributed by atoms with Crippen LogP contribution in [0, 0.1) is 27.7 Å². The second-order valence-corrected chi connectivity index (χ2v) is 6.18. The van der Waals surface area contributed by atoms with Crippen molar-refractivity contribution in [2.24, 2.45) is 0 Å². The van der Waals surface area contributed by atoms with Gasteiger partial charge in [0, 0.05) is 11.3 Å². The summed E-state index contributed by atoms with van der Waals surface area (Å²) in [5, 5.41) is 16.2. The summed E-state index contributed by atoms with van der Waals surface area (Å²) in [6.07, 6.45) is 0. The minimum absolute atomic E-state index is 0.0869. The number of urea groups is 1. The van der Waals surface area contributed by atoms with Crippen molar-refractivity contribution in [3.05, 3.63) is 52.5 Å². The summed E-state index contributed by atoms with van der Waals surface area (Å²) in [6.45, 7) is 9.25. The molecule has 23 heavy (non-hydrogen) atoms. The molecule has 1 unspecified atom stereocenters. The predicted octanol–water partition coefficient (Wildman–Crippen LogP) is 3.54. The molecule has 2 rings (SSSR count). The van der Waals surface area contributed by atoms with E-state index in [9.17, 15) is 9.90 Å². The van der Waals surface area contributed by atoms with Crippen LogP contribution in [0.2, 0.25) is 0 Å². The number of amides is 2. The van der Waals surface area contributed by atoms with Crippen LogP contribution in [0.3, 0.4) is 0 Å². The molecule has 1 aromatic heterocycles. The minimum atomic E-state index is -1.19. The fraction of sp³-hybridized carbons (Fsp3) is 0.389. The maximum absolute atomic E-state index is 12.1. The minimum Gasteiger partial charge on any atom is -0.466 e. The van der Waals surface area contributed by atoms with Crippen molar-refractivity contribution in [2.45, 2.75) is 40.2 Å². The molecular formula is C18H24N2O3. The van der Waals surface area contributed by atoms with Crippen LogP contribution in [-0.2, 0) is 5.60 Å². The van der Waals surface area contributed by atoms with Crippen LogP contribution in [0.15, 0.2) is 28.7 Å². The Morgan fingerprint density at radius 3 is 2.35 bits per heavy atom. The number of hydrogen-bond donors (Lipinski definition) is 3. The molecule has 5 nitrogen and oxygen atoms in total. The van der Waals surface area contributed by atoms with Crippen LogP contribution in [-0.4, -0.2) is 17.7 Å². The summed E-state index contributed by atoms with van der Waals surface area (Å²) < 4.78 is 5.45. The van der Waals surface area contributed by atoms with Crippen LogP contribution in [0.1, 0.15) is 35.1 Å². The molecule has 0 aliphatic rings. The first-order chi connectivity index (χ1) is 10.7. The van der Waals surface area contributed by atoms with E-state index in [1.165, 1.54) is 0 Å². The maximum Gasteiger partial charge on any atom is 0.319 e. The molecule has 2 amide bonds. The number of anilines is 1. The number of aliphatic hydroxyl groups is 1. The van der Waals surface area contributed by atoms with Crippen molar-refractivity contribution in [1.82, 2.24) is 5.32 Å². The Kier molecular flexibility index (Phi) is 4.80. The SMILES string of the molecule is Cc1cc(C(C)(O)CNC(=O)Nc2c(C)cccc2C)c(C)o1. The summed E-state index contributed by atoms with van der Waals surface area (Å²) >= 11 is 0. The Morgan fingerprint density at radius 2 is 1.83 bits per heavy atom. The van der Waals surface area contributed by atoms with E-state index >= 15 is 0 Å². The van der Waals surface area contributed by atoms with Crippen LogP contribution in [0.5, 0.6) is 0 Å². The van der Waals surface area contributed by atoms with Gasteiger partial charge in [-0.2, -0.15) is 0 Å². The molecule has 1 atom stereocenters. The van der Waals surface area contributed by atoms with Crippen molar-refractivity contribution >= 4 is 11.7 Å². The summed E-state index contributed by atoms with van der Waals surface area (Å²) in [5.41, 5.74) is 2.27. The van der Waals surface area contributed by atoms with Gasteiger partial charge in [-0.1, -0.05) is 18.2 Å². The van der Waals surface area contributed by atoms with Gasteiger partial charge in [0.1, 0.15) is 17.1 Å². The molecule has 5 heteroatoms. The molecule has 124 valence electrons. The number of benzene rings is 1. The lowest BCUT2D eigenvalue weighted by atomic mass is 9.96. The van der Waals surface area contributed by atoms with Crippen LogP contribution in [0.4, 0.5) is 10.5 Å². The van der Waals surface area contributed by atoms with Gasteiger partial charge in [0.2, 0.25) is 0 Å². The number of aryl methyl sites for hydroxylation is 4. The third-order valence-electron chi connectivity index (χ3n) is 3.93. The zero-order valence-corrected chi connectivity index (χ0v) is 14.3. The maximum atomic E-state index is 12.1. The zero-order chi connectivity index (χ0) is 17.2. The molecule has 0 spiro atoms. The van der Waals surface area contributed by atoms with Gasteiger partial charge in [-0.05, 0) is 51.8 Å². The van der Waals surface area contributed by atoms with Crippen molar-refractivity contribution in [3.8, 4) is 0 Å². The quantitative estimate of drug-likeness (QED) is 0.807. The fourth-order valence-electron chi connectivity index (χ4n) is 2.68. The molecular weight excluding hydrogens is 292 g/mol. The van der Waals surface area contributed by atoms with Crippen molar-refractivity contribution < 1.29 is 14.3 Å².